The smallest absolute Gasteiger partial charge is 0.338 e. The number of aromatic nitrogens is 3. The van der Waals surface area contributed by atoms with Crippen molar-refractivity contribution in [3.05, 3.63) is 53.5 Å². The van der Waals surface area contributed by atoms with Crippen LogP contribution in [0.5, 0.6) is 0 Å². The number of hydrogen-bond donors (Lipinski definition) is 1. The lowest BCUT2D eigenvalue weighted by atomic mass is 9.96. The molecule has 0 bridgehead atoms. The molecule has 6 heteroatoms. The highest BCUT2D eigenvalue weighted by Gasteiger charge is 2.34. The number of nitrogens with one attached hydrogen (secondary N) is 1. The Morgan fingerprint density at radius 2 is 2.05 bits per heavy atom. The van der Waals surface area contributed by atoms with Crippen LogP contribution in [0.1, 0.15) is 32.4 Å². The molecule has 22 heavy (non-hydrogen) atoms. The molecule has 1 aliphatic heterocycles. The molecular weight excluding hydrogens is 280 g/mol. The Labute approximate surface area is 128 Å². The third kappa shape index (κ3) is 2.47. The number of ether oxygens (including phenoxy) is 1. The Balaban J connectivity index is 2.10. The molecule has 1 atom stereocenters. The van der Waals surface area contributed by atoms with Gasteiger partial charge in [-0.05, 0) is 26.3 Å². The largest absolute Gasteiger partial charge is 0.459 e. The van der Waals surface area contributed by atoms with Crippen molar-refractivity contribution in [1.29, 1.82) is 0 Å². The third-order valence-corrected chi connectivity index (χ3v) is 3.47. The van der Waals surface area contributed by atoms with E-state index in [2.05, 4.69) is 15.4 Å². The van der Waals surface area contributed by atoms with E-state index in [0.717, 1.165) is 11.3 Å². The Kier molecular flexibility index (Phi) is 3.66. The number of rotatable bonds is 3. The molecule has 6 nitrogen and oxygen atoms in total. The van der Waals surface area contributed by atoms with Crippen LogP contribution < -0.4 is 5.32 Å². The second-order valence-electron chi connectivity index (χ2n) is 5.46. The number of hydrogen-bond acceptors (Lipinski definition) is 5. The first kappa shape index (κ1) is 14.3. The number of allylic oxidation sites excluding steroid dienone is 1. The van der Waals surface area contributed by atoms with Crippen molar-refractivity contribution < 1.29 is 9.53 Å². The van der Waals surface area contributed by atoms with E-state index in [1.807, 2.05) is 51.1 Å². The van der Waals surface area contributed by atoms with Gasteiger partial charge in [0.25, 0.3) is 0 Å². The van der Waals surface area contributed by atoms with Crippen LogP contribution >= 0.6 is 0 Å². The molecule has 3 rings (SSSR count). The number of fused-ring (bicyclic) bond motifs is 1. The maximum atomic E-state index is 12.6. The molecule has 2 aromatic rings. The second-order valence-corrected chi connectivity index (χ2v) is 5.46. The summed E-state index contributed by atoms with van der Waals surface area (Å²) < 4.78 is 7.11. The number of carbonyl (C=O) groups excluding carboxylic acids is 1. The van der Waals surface area contributed by atoms with Crippen LogP contribution in [0, 0.1) is 0 Å². The van der Waals surface area contributed by atoms with Crippen molar-refractivity contribution in [2.24, 2.45) is 0 Å². The summed E-state index contributed by atoms with van der Waals surface area (Å²) in [6, 6.07) is 9.42. The average Bonchev–Trinajstić information content (AvgIpc) is 2.93. The van der Waals surface area contributed by atoms with E-state index in [1.165, 1.54) is 6.33 Å². The fraction of sp³-hybridized carbons (Fsp3) is 0.312. The number of benzene rings is 1. The molecule has 0 saturated heterocycles. The fourth-order valence-corrected chi connectivity index (χ4v) is 2.58. The van der Waals surface area contributed by atoms with E-state index in [4.69, 9.17) is 4.74 Å². The first-order valence-corrected chi connectivity index (χ1v) is 7.21. The van der Waals surface area contributed by atoms with Gasteiger partial charge < -0.3 is 10.1 Å². The van der Waals surface area contributed by atoms with Crippen LogP contribution in [-0.2, 0) is 9.53 Å². The minimum absolute atomic E-state index is 0.179. The highest BCUT2D eigenvalue weighted by molar-refractivity contribution is 5.92. The predicted octanol–water partition coefficient (Wildman–Crippen LogP) is 2.52. The molecule has 114 valence electrons. The monoisotopic (exact) mass is 298 g/mol. The van der Waals surface area contributed by atoms with Crippen molar-refractivity contribution in [1.82, 2.24) is 14.8 Å². The number of anilines is 1. The van der Waals surface area contributed by atoms with Crippen LogP contribution in [0.25, 0.3) is 0 Å². The van der Waals surface area contributed by atoms with Crippen molar-refractivity contribution in [2.45, 2.75) is 32.9 Å². The van der Waals surface area contributed by atoms with Crippen LogP contribution in [0.3, 0.4) is 0 Å². The molecule has 1 aromatic carbocycles. The Morgan fingerprint density at radius 3 is 2.73 bits per heavy atom. The highest BCUT2D eigenvalue weighted by Crippen LogP contribution is 2.35. The Hall–Kier alpha value is -2.63. The van der Waals surface area contributed by atoms with E-state index in [1.54, 1.807) is 4.68 Å². The van der Waals surface area contributed by atoms with Gasteiger partial charge >= 0.3 is 5.97 Å². The maximum absolute atomic E-state index is 12.6. The lowest BCUT2D eigenvalue weighted by molar-refractivity contribution is -0.143. The lowest BCUT2D eigenvalue weighted by Crippen LogP contribution is -2.30. The summed E-state index contributed by atoms with van der Waals surface area (Å²) in [5.41, 5.74) is 2.25. The zero-order valence-electron chi connectivity index (χ0n) is 12.8. The van der Waals surface area contributed by atoms with Crippen molar-refractivity contribution in [2.75, 3.05) is 5.32 Å². The lowest BCUT2D eigenvalue weighted by Gasteiger charge is -2.28. The topological polar surface area (TPSA) is 69.0 Å². The fourth-order valence-electron chi connectivity index (χ4n) is 2.58. The summed E-state index contributed by atoms with van der Waals surface area (Å²) in [5.74, 6) is 0.280. The van der Waals surface area contributed by atoms with Gasteiger partial charge in [0, 0.05) is 5.70 Å². The van der Waals surface area contributed by atoms with Gasteiger partial charge in [0.2, 0.25) is 5.95 Å². The van der Waals surface area contributed by atoms with E-state index in [-0.39, 0.29) is 18.1 Å². The number of esters is 1. The summed E-state index contributed by atoms with van der Waals surface area (Å²) in [6.45, 7) is 5.52. The molecule has 0 amide bonds. The SMILES string of the molecule is CC1=C(C(=O)OC(C)C)C(c2ccccc2)n2ncnc2N1. The normalized spacial score (nSPS) is 17.2. The summed E-state index contributed by atoms with van der Waals surface area (Å²) in [7, 11) is 0. The van der Waals surface area contributed by atoms with Gasteiger partial charge in [-0.1, -0.05) is 30.3 Å². The zero-order valence-corrected chi connectivity index (χ0v) is 12.8. The molecule has 1 aromatic heterocycles. The van der Waals surface area contributed by atoms with Crippen molar-refractivity contribution >= 4 is 11.9 Å². The van der Waals surface area contributed by atoms with Crippen LogP contribution in [0.2, 0.25) is 0 Å². The summed E-state index contributed by atoms with van der Waals surface area (Å²) in [4.78, 5) is 16.7. The predicted molar refractivity (Wildman–Crippen MR) is 82.2 cm³/mol. The Bertz CT molecular complexity index is 719. The molecule has 0 saturated carbocycles. The number of carbonyl (C=O) groups is 1. The molecule has 1 aliphatic rings. The van der Waals surface area contributed by atoms with Gasteiger partial charge in [0.1, 0.15) is 12.4 Å². The molecule has 0 spiro atoms. The molecule has 1 unspecified atom stereocenters. The van der Waals surface area contributed by atoms with Crippen LogP contribution in [-0.4, -0.2) is 26.8 Å². The molecule has 0 radical (unpaired) electrons. The minimum atomic E-state index is -0.341. The quantitative estimate of drug-likeness (QED) is 0.882. The van der Waals surface area contributed by atoms with Gasteiger partial charge in [-0.3, -0.25) is 0 Å². The minimum Gasteiger partial charge on any atom is -0.459 e. The summed E-state index contributed by atoms with van der Waals surface area (Å²) in [6.07, 6.45) is 1.30. The van der Waals surface area contributed by atoms with Crippen LogP contribution in [0.15, 0.2) is 47.9 Å². The summed E-state index contributed by atoms with van der Waals surface area (Å²) >= 11 is 0. The second kappa shape index (κ2) is 5.63. The first-order chi connectivity index (χ1) is 10.6. The zero-order chi connectivity index (χ0) is 15.7. The van der Waals surface area contributed by atoms with Gasteiger partial charge in [-0.15, -0.1) is 0 Å². The van der Waals surface area contributed by atoms with Crippen molar-refractivity contribution in [3.8, 4) is 0 Å². The molecule has 2 heterocycles. The molecule has 0 fully saturated rings. The van der Waals surface area contributed by atoms with E-state index in [9.17, 15) is 4.79 Å². The molecule has 0 aliphatic carbocycles. The summed E-state index contributed by atoms with van der Waals surface area (Å²) in [5, 5.41) is 7.37. The standard InChI is InChI=1S/C16H18N4O2/c1-10(2)22-15(21)13-11(3)19-16-17-9-18-20(16)14(13)12-7-5-4-6-8-12/h4-10,14H,1-3H3,(H,17,18,19). The molecular formula is C16H18N4O2. The molecule has 1 N–H and O–H groups in total. The van der Waals surface area contributed by atoms with Gasteiger partial charge in [-0.2, -0.15) is 10.1 Å². The third-order valence-electron chi connectivity index (χ3n) is 3.47. The average molecular weight is 298 g/mol. The highest BCUT2D eigenvalue weighted by atomic mass is 16.5. The van der Waals surface area contributed by atoms with E-state index in [0.29, 0.717) is 11.5 Å². The Morgan fingerprint density at radius 1 is 1.32 bits per heavy atom. The van der Waals surface area contributed by atoms with Crippen molar-refractivity contribution in [3.63, 3.8) is 0 Å². The van der Waals surface area contributed by atoms with Gasteiger partial charge in [0.05, 0.1) is 11.7 Å². The van der Waals surface area contributed by atoms with E-state index < -0.39 is 0 Å². The first-order valence-electron chi connectivity index (χ1n) is 7.21. The van der Waals surface area contributed by atoms with Gasteiger partial charge in [-0.25, -0.2) is 9.48 Å². The van der Waals surface area contributed by atoms with Gasteiger partial charge in [0.15, 0.2) is 0 Å². The maximum Gasteiger partial charge on any atom is 0.338 e. The van der Waals surface area contributed by atoms with Crippen LogP contribution in [0.4, 0.5) is 5.95 Å². The number of nitrogens with zero attached hydrogens (tertiary/aromatic N) is 3. The van der Waals surface area contributed by atoms with E-state index >= 15 is 0 Å².